The summed E-state index contributed by atoms with van der Waals surface area (Å²) in [5.41, 5.74) is 8.74. The maximum absolute atomic E-state index is 12.4. The van der Waals surface area contributed by atoms with Gasteiger partial charge in [0.25, 0.3) is 0 Å². The molecule has 1 saturated heterocycles. The molecule has 2 aromatic rings. The number of benzene rings is 2. The van der Waals surface area contributed by atoms with Crippen LogP contribution < -0.4 is 26.2 Å². The van der Waals surface area contributed by atoms with Crippen molar-refractivity contribution in [1.82, 2.24) is 16.2 Å². The lowest BCUT2D eigenvalue weighted by molar-refractivity contribution is -0.125. The van der Waals surface area contributed by atoms with E-state index in [9.17, 15) is 9.59 Å². The SMILES string of the molecule is CCc1ccc(NC(=O)CSC2NNC(Cc3ccc(OC)cc3)C(=O)N2)cc1. The third kappa shape index (κ3) is 6.22. The van der Waals surface area contributed by atoms with Gasteiger partial charge >= 0.3 is 0 Å². The molecule has 2 atom stereocenters. The van der Waals surface area contributed by atoms with Crippen LogP contribution in [0.5, 0.6) is 5.75 Å². The second kappa shape index (κ2) is 10.3. The van der Waals surface area contributed by atoms with E-state index in [2.05, 4.69) is 28.4 Å². The van der Waals surface area contributed by atoms with Crippen molar-refractivity contribution in [3.63, 3.8) is 0 Å². The number of ether oxygens (including phenoxy) is 1. The lowest BCUT2D eigenvalue weighted by Crippen LogP contribution is -2.64. The van der Waals surface area contributed by atoms with E-state index in [1.807, 2.05) is 48.5 Å². The number of hydrogen-bond donors (Lipinski definition) is 4. The van der Waals surface area contributed by atoms with Crippen LogP contribution in [0.15, 0.2) is 48.5 Å². The molecule has 2 aromatic carbocycles. The third-order valence-corrected chi connectivity index (χ3v) is 5.60. The van der Waals surface area contributed by atoms with Crippen molar-refractivity contribution in [1.29, 1.82) is 0 Å². The number of hydrogen-bond acceptors (Lipinski definition) is 6. The van der Waals surface area contributed by atoms with E-state index in [-0.39, 0.29) is 29.1 Å². The van der Waals surface area contributed by atoms with Crippen molar-refractivity contribution in [2.24, 2.45) is 0 Å². The monoisotopic (exact) mass is 414 g/mol. The Bertz CT molecular complexity index is 827. The molecular formula is C21H26N4O3S. The Balaban J connectivity index is 1.41. The van der Waals surface area contributed by atoms with Gasteiger partial charge in [-0.1, -0.05) is 31.2 Å². The summed E-state index contributed by atoms with van der Waals surface area (Å²) in [6, 6.07) is 15.0. The second-order valence-electron chi connectivity index (χ2n) is 6.69. The Kier molecular flexibility index (Phi) is 7.51. The predicted octanol–water partition coefficient (Wildman–Crippen LogP) is 2.05. The van der Waals surface area contributed by atoms with Crippen molar-refractivity contribution >= 4 is 29.3 Å². The first-order valence-corrected chi connectivity index (χ1v) is 10.6. The molecule has 1 heterocycles. The molecule has 7 nitrogen and oxygen atoms in total. The highest BCUT2D eigenvalue weighted by atomic mass is 32.2. The number of rotatable bonds is 8. The number of aryl methyl sites for hydroxylation is 1. The van der Waals surface area contributed by atoms with E-state index in [1.165, 1.54) is 17.3 Å². The van der Waals surface area contributed by atoms with E-state index in [4.69, 9.17) is 4.74 Å². The third-order valence-electron chi connectivity index (χ3n) is 4.60. The maximum atomic E-state index is 12.4. The smallest absolute Gasteiger partial charge is 0.240 e. The van der Waals surface area contributed by atoms with Crippen molar-refractivity contribution in [3.8, 4) is 5.75 Å². The number of anilines is 1. The fourth-order valence-corrected chi connectivity index (χ4v) is 3.65. The van der Waals surface area contributed by atoms with Gasteiger partial charge in [-0.2, -0.15) is 0 Å². The molecule has 1 fully saturated rings. The molecule has 0 aromatic heterocycles. The van der Waals surface area contributed by atoms with E-state index in [0.717, 1.165) is 23.4 Å². The zero-order valence-corrected chi connectivity index (χ0v) is 17.3. The highest BCUT2D eigenvalue weighted by Crippen LogP contribution is 2.15. The van der Waals surface area contributed by atoms with Crippen LogP contribution in [-0.4, -0.2) is 36.2 Å². The molecule has 3 rings (SSSR count). The molecule has 4 N–H and O–H groups in total. The van der Waals surface area contributed by atoms with Crippen LogP contribution in [0.2, 0.25) is 0 Å². The minimum atomic E-state index is -0.383. The standard InChI is InChI=1S/C21H26N4O3S/c1-3-14-4-8-16(9-5-14)22-19(26)13-29-21-23-20(27)18(24-25-21)12-15-6-10-17(28-2)11-7-15/h4-11,18,21,24-25H,3,12-13H2,1-2H3,(H,22,26)(H,23,27). The minimum Gasteiger partial charge on any atom is -0.497 e. The zero-order valence-electron chi connectivity index (χ0n) is 16.5. The first-order chi connectivity index (χ1) is 14.1. The molecule has 0 aliphatic carbocycles. The largest absolute Gasteiger partial charge is 0.497 e. The molecule has 0 bridgehead atoms. The van der Waals surface area contributed by atoms with Gasteiger partial charge in [-0.25, -0.2) is 10.9 Å². The van der Waals surface area contributed by atoms with Gasteiger partial charge in [0.15, 0.2) is 0 Å². The van der Waals surface area contributed by atoms with Crippen molar-refractivity contribution in [2.45, 2.75) is 31.3 Å². The highest BCUT2D eigenvalue weighted by Gasteiger charge is 2.27. The van der Waals surface area contributed by atoms with Crippen LogP contribution in [0.3, 0.4) is 0 Å². The molecule has 0 saturated carbocycles. The number of carbonyl (C=O) groups excluding carboxylic acids is 2. The van der Waals surface area contributed by atoms with Crippen molar-refractivity contribution in [2.75, 3.05) is 18.2 Å². The summed E-state index contributed by atoms with van der Waals surface area (Å²) < 4.78 is 5.15. The number of thioether (sulfide) groups is 1. The van der Waals surface area contributed by atoms with Crippen molar-refractivity contribution in [3.05, 3.63) is 59.7 Å². The van der Waals surface area contributed by atoms with Gasteiger partial charge in [-0.05, 0) is 48.2 Å². The van der Waals surface area contributed by atoms with E-state index in [1.54, 1.807) is 7.11 Å². The topological polar surface area (TPSA) is 91.5 Å². The molecule has 154 valence electrons. The van der Waals surface area contributed by atoms with Gasteiger partial charge in [-0.3, -0.25) is 9.59 Å². The summed E-state index contributed by atoms with van der Waals surface area (Å²) in [5, 5.41) is 5.75. The molecule has 0 spiro atoms. The number of carbonyl (C=O) groups is 2. The Morgan fingerprint density at radius 2 is 1.76 bits per heavy atom. The van der Waals surface area contributed by atoms with Crippen LogP contribution in [-0.2, 0) is 22.4 Å². The Labute approximate surface area is 174 Å². The summed E-state index contributed by atoms with van der Waals surface area (Å²) >= 11 is 1.32. The molecule has 2 unspecified atom stereocenters. The summed E-state index contributed by atoms with van der Waals surface area (Å²) in [5.74, 6) is 0.783. The number of nitrogens with one attached hydrogen (secondary N) is 4. The van der Waals surface area contributed by atoms with E-state index >= 15 is 0 Å². The lowest BCUT2D eigenvalue weighted by atomic mass is 10.1. The van der Waals surface area contributed by atoms with Gasteiger partial charge in [0.2, 0.25) is 11.8 Å². The summed E-state index contributed by atoms with van der Waals surface area (Å²) in [6.07, 6.45) is 1.51. The second-order valence-corrected chi connectivity index (χ2v) is 7.79. The normalized spacial score (nSPS) is 18.8. The Morgan fingerprint density at radius 1 is 1.07 bits per heavy atom. The lowest BCUT2D eigenvalue weighted by Gasteiger charge is -2.31. The molecule has 8 heteroatoms. The van der Waals surface area contributed by atoms with Crippen LogP contribution in [0.4, 0.5) is 5.69 Å². The molecule has 2 amide bonds. The first kappa shape index (κ1) is 21.2. The molecule has 1 aliphatic heterocycles. The maximum Gasteiger partial charge on any atom is 0.240 e. The fourth-order valence-electron chi connectivity index (χ4n) is 2.91. The van der Waals surface area contributed by atoms with Crippen LogP contribution in [0.1, 0.15) is 18.1 Å². The van der Waals surface area contributed by atoms with Crippen molar-refractivity contribution < 1.29 is 14.3 Å². The van der Waals surface area contributed by atoms with Crippen LogP contribution in [0.25, 0.3) is 0 Å². The average Bonchev–Trinajstić information content (AvgIpc) is 2.75. The first-order valence-electron chi connectivity index (χ1n) is 9.52. The molecule has 1 aliphatic rings. The summed E-state index contributed by atoms with van der Waals surface area (Å²) in [7, 11) is 1.62. The predicted molar refractivity (Wildman–Crippen MR) is 116 cm³/mol. The molecule has 29 heavy (non-hydrogen) atoms. The quantitative estimate of drug-likeness (QED) is 0.529. The summed E-state index contributed by atoms with van der Waals surface area (Å²) in [4.78, 5) is 24.5. The number of amides is 2. The number of hydrazine groups is 1. The Hall–Kier alpha value is -2.55. The molecule has 0 radical (unpaired) electrons. The van der Waals surface area contributed by atoms with Gasteiger partial charge in [0.1, 0.15) is 17.3 Å². The minimum absolute atomic E-state index is 0.104. The fraction of sp³-hybridized carbons (Fsp3) is 0.333. The number of methoxy groups -OCH3 is 1. The van der Waals surface area contributed by atoms with Crippen LogP contribution >= 0.6 is 11.8 Å². The molecular weight excluding hydrogens is 388 g/mol. The highest BCUT2D eigenvalue weighted by molar-refractivity contribution is 8.00. The van der Waals surface area contributed by atoms with Gasteiger partial charge in [-0.15, -0.1) is 11.8 Å². The summed E-state index contributed by atoms with van der Waals surface area (Å²) in [6.45, 7) is 2.09. The van der Waals surface area contributed by atoms with E-state index < -0.39 is 0 Å². The van der Waals surface area contributed by atoms with Gasteiger partial charge < -0.3 is 15.4 Å². The van der Waals surface area contributed by atoms with Gasteiger partial charge in [0, 0.05) is 5.69 Å². The van der Waals surface area contributed by atoms with Gasteiger partial charge in [0.05, 0.1) is 12.9 Å². The van der Waals surface area contributed by atoms with Crippen LogP contribution in [0, 0.1) is 0 Å². The van der Waals surface area contributed by atoms with E-state index in [0.29, 0.717) is 6.42 Å². The average molecular weight is 415 g/mol. The zero-order chi connectivity index (χ0) is 20.6. The Morgan fingerprint density at radius 3 is 2.38 bits per heavy atom.